The number of halogens is 1. The molecule has 3 heteroatoms. The van der Waals surface area contributed by atoms with E-state index in [9.17, 15) is 9.50 Å². The number of piperidine rings is 1. The summed E-state index contributed by atoms with van der Waals surface area (Å²) >= 11 is 0. The smallest absolute Gasteiger partial charge is 0.130 e. The average molecular weight is 223 g/mol. The number of phenolic OH excluding ortho intramolecular Hbond substituents is 1. The van der Waals surface area contributed by atoms with Crippen LogP contribution in [0.4, 0.5) is 4.39 Å². The van der Waals surface area contributed by atoms with E-state index in [0.717, 1.165) is 37.1 Å². The third-order valence-corrected chi connectivity index (χ3v) is 3.27. The van der Waals surface area contributed by atoms with Gasteiger partial charge in [0.15, 0.2) is 0 Å². The molecule has 1 atom stereocenters. The summed E-state index contributed by atoms with van der Waals surface area (Å²) in [5.41, 5.74) is 1.48. The van der Waals surface area contributed by atoms with Crippen LogP contribution in [-0.4, -0.2) is 18.2 Å². The Kier molecular flexibility index (Phi) is 3.44. The molecule has 1 unspecified atom stereocenters. The fraction of sp³-hybridized carbons (Fsp3) is 0.538. The van der Waals surface area contributed by atoms with Crippen molar-refractivity contribution < 1.29 is 9.50 Å². The number of nitrogens with one attached hydrogen (secondary N) is 1. The maximum absolute atomic E-state index is 13.6. The third-order valence-electron chi connectivity index (χ3n) is 3.27. The van der Waals surface area contributed by atoms with Crippen LogP contribution in [0.2, 0.25) is 0 Å². The first-order valence-corrected chi connectivity index (χ1v) is 5.85. The van der Waals surface area contributed by atoms with E-state index in [0.29, 0.717) is 5.92 Å². The molecule has 1 aromatic carbocycles. The SMILES string of the molecule is Cc1cc(CC2CCCNC2)c(F)cc1O. The molecule has 2 N–H and O–H groups in total. The van der Waals surface area contributed by atoms with Gasteiger partial charge in [0.1, 0.15) is 11.6 Å². The second kappa shape index (κ2) is 4.83. The van der Waals surface area contributed by atoms with E-state index in [1.165, 1.54) is 12.5 Å². The number of aryl methyl sites for hydroxylation is 1. The summed E-state index contributed by atoms with van der Waals surface area (Å²) in [6.07, 6.45) is 3.09. The number of phenols is 1. The van der Waals surface area contributed by atoms with Crippen molar-refractivity contribution >= 4 is 0 Å². The largest absolute Gasteiger partial charge is 0.508 e. The van der Waals surface area contributed by atoms with Crippen LogP contribution >= 0.6 is 0 Å². The molecule has 1 aromatic rings. The van der Waals surface area contributed by atoms with Crippen molar-refractivity contribution in [2.75, 3.05) is 13.1 Å². The number of hydrogen-bond acceptors (Lipinski definition) is 2. The Labute approximate surface area is 95.5 Å². The fourth-order valence-corrected chi connectivity index (χ4v) is 2.30. The van der Waals surface area contributed by atoms with Crippen molar-refractivity contribution in [1.82, 2.24) is 5.32 Å². The van der Waals surface area contributed by atoms with Gasteiger partial charge in [-0.2, -0.15) is 0 Å². The van der Waals surface area contributed by atoms with E-state index in [1.54, 1.807) is 13.0 Å². The zero-order valence-corrected chi connectivity index (χ0v) is 9.59. The van der Waals surface area contributed by atoms with Crippen LogP contribution in [0.5, 0.6) is 5.75 Å². The highest BCUT2D eigenvalue weighted by atomic mass is 19.1. The van der Waals surface area contributed by atoms with Gasteiger partial charge in [-0.3, -0.25) is 0 Å². The van der Waals surface area contributed by atoms with Gasteiger partial charge >= 0.3 is 0 Å². The summed E-state index contributed by atoms with van der Waals surface area (Å²) in [5, 5.41) is 12.7. The lowest BCUT2D eigenvalue weighted by atomic mass is 9.91. The summed E-state index contributed by atoms with van der Waals surface area (Å²) in [5.74, 6) is 0.281. The minimum atomic E-state index is -0.284. The molecule has 0 spiro atoms. The average Bonchev–Trinajstić information content (AvgIpc) is 2.27. The van der Waals surface area contributed by atoms with Gasteiger partial charge in [0.25, 0.3) is 0 Å². The highest BCUT2D eigenvalue weighted by molar-refractivity contribution is 5.36. The molecule has 1 saturated heterocycles. The molecule has 0 saturated carbocycles. The predicted octanol–water partition coefficient (Wildman–Crippen LogP) is 2.38. The lowest BCUT2D eigenvalue weighted by Gasteiger charge is -2.23. The number of hydrogen-bond donors (Lipinski definition) is 2. The molecular formula is C13H18FNO. The van der Waals surface area contributed by atoms with Gasteiger partial charge in [-0.15, -0.1) is 0 Å². The van der Waals surface area contributed by atoms with Crippen molar-refractivity contribution in [2.45, 2.75) is 26.2 Å². The van der Waals surface area contributed by atoms with Crippen LogP contribution in [0.3, 0.4) is 0 Å². The van der Waals surface area contributed by atoms with Crippen molar-refractivity contribution in [3.8, 4) is 5.75 Å². The highest BCUT2D eigenvalue weighted by Crippen LogP contribution is 2.24. The van der Waals surface area contributed by atoms with E-state index in [2.05, 4.69) is 5.32 Å². The van der Waals surface area contributed by atoms with Crippen LogP contribution in [0, 0.1) is 18.7 Å². The molecule has 16 heavy (non-hydrogen) atoms. The van der Waals surface area contributed by atoms with Crippen LogP contribution in [0.1, 0.15) is 24.0 Å². The van der Waals surface area contributed by atoms with Gasteiger partial charge in [-0.1, -0.05) is 0 Å². The second-order valence-electron chi connectivity index (χ2n) is 4.65. The summed E-state index contributed by atoms with van der Waals surface area (Å²) in [6, 6.07) is 2.99. The maximum Gasteiger partial charge on any atom is 0.130 e. The number of benzene rings is 1. The Bertz CT molecular complexity index is 372. The Morgan fingerprint density at radius 3 is 3.00 bits per heavy atom. The molecule has 1 aliphatic heterocycles. The Morgan fingerprint density at radius 2 is 2.31 bits per heavy atom. The maximum atomic E-state index is 13.6. The van der Waals surface area contributed by atoms with E-state index in [1.807, 2.05) is 0 Å². The van der Waals surface area contributed by atoms with Crippen molar-refractivity contribution in [3.63, 3.8) is 0 Å². The molecule has 1 heterocycles. The minimum absolute atomic E-state index is 0.0445. The zero-order chi connectivity index (χ0) is 11.5. The normalized spacial score (nSPS) is 21.0. The monoisotopic (exact) mass is 223 g/mol. The first kappa shape index (κ1) is 11.4. The second-order valence-corrected chi connectivity index (χ2v) is 4.65. The predicted molar refractivity (Wildman–Crippen MR) is 62.1 cm³/mol. The molecule has 0 radical (unpaired) electrons. The van der Waals surface area contributed by atoms with Gasteiger partial charge < -0.3 is 10.4 Å². The van der Waals surface area contributed by atoms with E-state index in [4.69, 9.17) is 0 Å². The summed E-state index contributed by atoms with van der Waals surface area (Å²) in [6.45, 7) is 3.85. The Morgan fingerprint density at radius 1 is 1.50 bits per heavy atom. The standard InChI is InChI=1S/C13H18FNO/c1-9-5-11(12(14)7-13(9)16)6-10-3-2-4-15-8-10/h5,7,10,15-16H,2-4,6,8H2,1H3. The van der Waals surface area contributed by atoms with E-state index >= 15 is 0 Å². The Hall–Kier alpha value is -1.09. The molecule has 2 nitrogen and oxygen atoms in total. The molecule has 0 amide bonds. The van der Waals surface area contributed by atoms with E-state index in [-0.39, 0.29) is 11.6 Å². The van der Waals surface area contributed by atoms with E-state index < -0.39 is 0 Å². The lowest BCUT2D eigenvalue weighted by Crippen LogP contribution is -2.31. The topological polar surface area (TPSA) is 32.3 Å². The first-order valence-electron chi connectivity index (χ1n) is 5.85. The Balaban J connectivity index is 2.11. The van der Waals surface area contributed by atoms with Crippen LogP contribution in [0.25, 0.3) is 0 Å². The lowest BCUT2D eigenvalue weighted by molar-refractivity contribution is 0.371. The van der Waals surface area contributed by atoms with Gasteiger partial charge in [-0.25, -0.2) is 4.39 Å². The summed E-state index contributed by atoms with van der Waals surface area (Å²) < 4.78 is 13.6. The zero-order valence-electron chi connectivity index (χ0n) is 9.59. The highest BCUT2D eigenvalue weighted by Gasteiger charge is 2.16. The minimum Gasteiger partial charge on any atom is -0.508 e. The quantitative estimate of drug-likeness (QED) is 0.806. The fourth-order valence-electron chi connectivity index (χ4n) is 2.30. The van der Waals surface area contributed by atoms with Gasteiger partial charge in [0, 0.05) is 6.07 Å². The molecule has 0 aliphatic carbocycles. The third kappa shape index (κ3) is 2.53. The molecule has 0 bridgehead atoms. The molecule has 88 valence electrons. The van der Waals surface area contributed by atoms with Gasteiger partial charge in [0.05, 0.1) is 0 Å². The number of rotatable bonds is 2. The van der Waals surface area contributed by atoms with Crippen LogP contribution in [-0.2, 0) is 6.42 Å². The van der Waals surface area contributed by atoms with Crippen LogP contribution < -0.4 is 5.32 Å². The van der Waals surface area contributed by atoms with Crippen LogP contribution in [0.15, 0.2) is 12.1 Å². The van der Waals surface area contributed by atoms with Gasteiger partial charge in [-0.05, 0) is 62.4 Å². The number of aromatic hydroxyl groups is 1. The molecule has 0 aromatic heterocycles. The first-order chi connectivity index (χ1) is 7.66. The molecule has 1 fully saturated rings. The molecule has 2 rings (SSSR count). The molecular weight excluding hydrogens is 205 g/mol. The van der Waals surface area contributed by atoms with Crippen molar-refractivity contribution in [3.05, 3.63) is 29.1 Å². The van der Waals surface area contributed by atoms with Crippen molar-refractivity contribution in [2.24, 2.45) is 5.92 Å². The molecule has 1 aliphatic rings. The van der Waals surface area contributed by atoms with Crippen molar-refractivity contribution in [1.29, 1.82) is 0 Å². The summed E-state index contributed by atoms with van der Waals surface area (Å²) in [4.78, 5) is 0. The van der Waals surface area contributed by atoms with Gasteiger partial charge in [0.2, 0.25) is 0 Å². The summed E-state index contributed by atoms with van der Waals surface area (Å²) in [7, 11) is 0.